The lowest BCUT2D eigenvalue weighted by Crippen LogP contribution is -2.52. The van der Waals surface area contributed by atoms with Crippen LogP contribution in [0.1, 0.15) is 12.8 Å². The number of halogens is 1. The molecule has 1 aliphatic rings. The number of benzene rings is 1. The van der Waals surface area contributed by atoms with Crippen LogP contribution in [0.15, 0.2) is 38.4 Å². The molecule has 0 bridgehead atoms. The van der Waals surface area contributed by atoms with E-state index >= 15 is 0 Å². The van der Waals surface area contributed by atoms with E-state index in [0.717, 1.165) is 0 Å². The number of piperazine rings is 1. The van der Waals surface area contributed by atoms with Crippen molar-refractivity contribution in [2.45, 2.75) is 13.5 Å². The number of amides is 1. The van der Waals surface area contributed by atoms with Crippen LogP contribution in [0.25, 0.3) is 11.4 Å². The van der Waals surface area contributed by atoms with E-state index in [2.05, 4.69) is 15.5 Å². The number of rotatable bonds is 5. The summed E-state index contributed by atoms with van der Waals surface area (Å²) in [5.41, 5.74) is 0.140. The molecule has 3 aromatic rings. The summed E-state index contributed by atoms with van der Waals surface area (Å²) in [5.74, 6) is 0.608. The molecule has 29 heavy (non-hydrogen) atoms. The Balaban J connectivity index is 1.45. The number of hydrogen-bond acceptors (Lipinski definition) is 8. The van der Waals surface area contributed by atoms with Crippen LogP contribution < -0.4 is 21.1 Å². The van der Waals surface area contributed by atoms with Gasteiger partial charge < -0.3 is 19.6 Å². The first-order valence-corrected chi connectivity index (χ1v) is 9.48. The van der Waals surface area contributed by atoms with Crippen molar-refractivity contribution in [2.75, 3.05) is 36.4 Å². The fraction of sp³-hybridized carbons (Fsp3) is 0.316. The van der Waals surface area contributed by atoms with E-state index in [1.54, 1.807) is 23.1 Å². The van der Waals surface area contributed by atoms with Gasteiger partial charge in [0.1, 0.15) is 11.4 Å². The highest BCUT2D eigenvalue weighted by molar-refractivity contribution is 6.33. The third kappa shape index (κ3) is 3.61. The van der Waals surface area contributed by atoms with Crippen LogP contribution in [0.4, 0.5) is 11.4 Å². The molecule has 4 rings (SSSR count). The summed E-state index contributed by atoms with van der Waals surface area (Å²) in [6.07, 6.45) is 0. The van der Waals surface area contributed by atoms with Gasteiger partial charge in [-0.2, -0.15) is 4.98 Å². The van der Waals surface area contributed by atoms with Crippen LogP contribution in [0.5, 0.6) is 0 Å². The molecule has 9 nitrogen and oxygen atoms in total. The van der Waals surface area contributed by atoms with E-state index in [1.807, 2.05) is 11.0 Å². The largest absolute Gasteiger partial charge is 0.371 e. The average molecular weight is 416 g/mol. The lowest BCUT2D eigenvalue weighted by atomic mass is 10.1. The van der Waals surface area contributed by atoms with Gasteiger partial charge in [0, 0.05) is 38.7 Å². The molecule has 0 spiro atoms. The van der Waals surface area contributed by atoms with Gasteiger partial charge in [-0.3, -0.25) is 14.4 Å². The molecule has 0 atom stereocenters. The molecule has 1 aromatic heterocycles. The smallest absolute Gasteiger partial charge is 0.253 e. The van der Waals surface area contributed by atoms with Crippen LogP contribution in [0, 0.1) is 0 Å². The first-order valence-electron chi connectivity index (χ1n) is 9.11. The summed E-state index contributed by atoms with van der Waals surface area (Å²) in [6, 6.07) is 7.13. The third-order valence-electron chi connectivity index (χ3n) is 4.93. The molecule has 0 saturated carbocycles. The second-order valence-corrected chi connectivity index (χ2v) is 7.13. The van der Waals surface area contributed by atoms with Crippen LogP contribution in [0.2, 0.25) is 5.02 Å². The fourth-order valence-electron chi connectivity index (χ4n) is 3.33. The third-order valence-corrected chi connectivity index (χ3v) is 5.26. The Hall–Kier alpha value is -3.20. The Labute approximate surface area is 170 Å². The monoisotopic (exact) mass is 415 g/mol. The number of carbonyl (C=O) groups excluding carboxylic acids is 1. The number of nitrogens with zero attached hydrogens (tertiary/aromatic N) is 4. The summed E-state index contributed by atoms with van der Waals surface area (Å²) in [5, 5.41) is 7.35. The minimum atomic E-state index is -0.570. The highest BCUT2D eigenvalue weighted by Crippen LogP contribution is 2.26. The van der Waals surface area contributed by atoms with E-state index < -0.39 is 10.9 Å². The maximum Gasteiger partial charge on any atom is 0.253 e. The highest BCUT2D eigenvalue weighted by Gasteiger charge is 2.29. The van der Waals surface area contributed by atoms with Gasteiger partial charge in [0.25, 0.3) is 10.9 Å². The minimum absolute atomic E-state index is 0.00120. The first-order chi connectivity index (χ1) is 14.0. The van der Waals surface area contributed by atoms with Crippen molar-refractivity contribution in [2.24, 2.45) is 0 Å². The second kappa shape index (κ2) is 7.67. The molecule has 2 heterocycles. The molecule has 0 aliphatic carbocycles. The van der Waals surface area contributed by atoms with Crippen molar-refractivity contribution in [3.8, 4) is 11.4 Å². The zero-order valence-electron chi connectivity index (χ0n) is 15.6. The molecule has 1 fully saturated rings. The molecule has 1 saturated heterocycles. The number of hydrogen-bond donors (Lipinski definition) is 1. The second-order valence-electron chi connectivity index (χ2n) is 6.72. The lowest BCUT2D eigenvalue weighted by Gasteiger charge is -2.36. The summed E-state index contributed by atoms with van der Waals surface area (Å²) in [6.45, 7) is 3.63. The molecule has 1 aliphatic heterocycles. The Morgan fingerprint density at radius 3 is 2.59 bits per heavy atom. The summed E-state index contributed by atoms with van der Waals surface area (Å²) >= 11 is 6.14. The standard InChI is InChI=1S/C19H18ClN5O4/c1-11(26)24-6-8-25(9-7-24)16-15(17(27)18(16)28)21-10-14-22-19(23-29-14)12-4-2-3-5-13(12)20/h2-5,21H,6-10H2,1H3. The molecule has 1 N–H and O–H groups in total. The van der Waals surface area contributed by atoms with Gasteiger partial charge in [-0.25, -0.2) is 0 Å². The van der Waals surface area contributed by atoms with Crippen LogP contribution in [-0.4, -0.2) is 47.1 Å². The van der Waals surface area contributed by atoms with E-state index in [4.69, 9.17) is 16.1 Å². The Morgan fingerprint density at radius 2 is 1.90 bits per heavy atom. The van der Waals surface area contributed by atoms with Gasteiger partial charge in [-0.15, -0.1) is 0 Å². The van der Waals surface area contributed by atoms with Gasteiger partial charge in [0.2, 0.25) is 17.6 Å². The highest BCUT2D eigenvalue weighted by atomic mass is 35.5. The molecule has 0 radical (unpaired) electrons. The van der Waals surface area contributed by atoms with Crippen LogP contribution in [-0.2, 0) is 11.3 Å². The molecule has 2 aromatic carbocycles. The van der Waals surface area contributed by atoms with Crippen molar-refractivity contribution in [3.63, 3.8) is 0 Å². The van der Waals surface area contributed by atoms with Crippen molar-refractivity contribution in [1.29, 1.82) is 0 Å². The zero-order chi connectivity index (χ0) is 20.5. The molecular weight excluding hydrogens is 398 g/mol. The summed E-state index contributed by atoms with van der Waals surface area (Å²) in [7, 11) is 0. The topological polar surface area (TPSA) is 109 Å². The van der Waals surface area contributed by atoms with Crippen molar-refractivity contribution < 1.29 is 9.32 Å². The number of aromatic nitrogens is 2. The zero-order valence-corrected chi connectivity index (χ0v) is 16.4. The van der Waals surface area contributed by atoms with Crippen LogP contribution >= 0.6 is 11.6 Å². The number of carbonyl (C=O) groups is 1. The van der Waals surface area contributed by atoms with Gasteiger partial charge in [0.05, 0.1) is 11.6 Å². The van der Waals surface area contributed by atoms with Crippen molar-refractivity contribution >= 4 is 28.9 Å². The number of nitrogens with one attached hydrogen (secondary N) is 1. The quantitative estimate of drug-likeness (QED) is 0.620. The number of anilines is 2. The van der Waals surface area contributed by atoms with Gasteiger partial charge in [-0.1, -0.05) is 28.9 Å². The SMILES string of the molecule is CC(=O)N1CCN(c2c(NCc3nc(-c4ccccc4Cl)no3)c(=O)c2=O)CC1. The lowest BCUT2D eigenvalue weighted by molar-refractivity contribution is -0.129. The van der Waals surface area contributed by atoms with Gasteiger partial charge in [-0.05, 0) is 12.1 Å². The van der Waals surface area contributed by atoms with Crippen molar-refractivity contribution in [3.05, 3.63) is 55.6 Å². The summed E-state index contributed by atoms with van der Waals surface area (Å²) < 4.78 is 5.22. The predicted octanol–water partition coefficient (Wildman–Crippen LogP) is 1.27. The van der Waals surface area contributed by atoms with Crippen LogP contribution in [0.3, 0.4) is 0 Å². The predicted molar refractivity (Wildman–Crippen MR) is 108 cm³/mol. The van der Waals surface area contributed by atoms with E-state index in [1.165, 1.54) is 6.92 Å². The Kier molecular flexibility index (Phi) is 5.06. The fourth-order valence-corrected chi connectivity index (χ4v) is 3.55. The maximum absolute atomic E-state index is 12.1. The Morgan fingerprint density at radius 1 is 1.17 bits per heavy atom. The molecule has 10 heteroatoms. The van der Waals surface area contributed by atoms with Crippen molar-refractivity contribution in [1.82, 2.24) is 15.0 Å². The normalized spacial score (nSPS) is 14.4. The Bertz CT molecular complexity index is 1130. The molecular formula is C19H18ClN5O4. The van der Waals surface area contributed by atoms with Gasteiger partial charge in [0.15, 0.2) is 0 Å². The maximum atomic E-state index is 12.1. The average Bonchev–Trinajstić information content (AvgIpc) is 3.19. The molecule has 1 amide bonds. The van der Waals surface area contributed by atoms with E-state index in [9.17, 15) is 14.4 Å². The van der Waals surface area contributed by atoms with E-state index in [-0.39, 0.29) is 24.0 Å². The molecule has 0 unspecified atom stereocenters. The van der Waals surface area contributed by atoms with Gasteiger partial charge >= 0.3 is 0 Å². The molecule has 150 valence electrons. The van der Waals surface area contributed by atoms with E-state index in [0.29, 0.717) is 48.3 Å². The minimum Gasteiger partial charge on any atom is -0.371 e. The first kappa shape index (κ1) is 19.1. The summed E-state index contributed by atoms with van der Waals surface area (Å²) in [4.78, 5) is 43.4.